The predicted octanol–water partition coefficient (Wildman–Crippen LogP) is 2.86. The molecule has 1 aliphatic rings. The maximum absolute atomic E-state index is 4.79. The Hall–Kier alpha value is -2.89. The highest BCUT2D eigenvalue weighted by Gasteiger charge is 2.25. The lowest BCUT2D eigenvalue weighted by molar-refractivity contribution is 0.551. The first-order chi connectivity index (χ1) is 12.2. The van der Waals surface area contributed by atoms with Crippen LogP contribution in [0.15, 0.2) is 55.2 Å². The van der Waals surface area contributed by atoms with Gasteiger partial charge >= 0.3 is 0 Å². The molecule has 6 heteroatoms. The van der Waals surface area contributed by atoms with Gasteiger partial charge in [0.1, 0.15) is 0 Å². The first kappa shape index (κ1) is 15.6. The quantitative estimate of drug-likeness (QED) is 0.734. The number of aromatic nitrogens is 4. The minimum Gasteiger partial charge on any atom is -0.378 e. The fourth-order valence-corrected chi connectivity index (χ4v) is 3.24. The maximum Gasteiger partial charge on any atom is 0.225 e. The highest BCUT2D eigenvalue weighted by Crippen LogP contribution is 2.26. The zero-order valence-corrected chi connectivity index (χ0v) is 14.6. The Balaban J connectivity index is 1.54. The van der Waals surface area contributed by atoms with Gasteiger partial charge in [-0.25, -0.2) is 15.0 Å². The van der Waals surface area contributed by atoms with Crippen molar-refractivity contribution in [1.82, 2.24) is 19.5 Å². The van der Waals surface area contributed by atoms with Crippen molar-refractivity contribution >= 4 is 11.6 Å². The third kappa shape index (κ3) is 3.20. The number of imidazole rings is 1. The summed E-state index contributed by atoms with van der Waals surface area (Å²) in [5.41, 5.74) is 3.25. The third-order valence-electron chi connectivity index (χ3n) is 4.72. The SMILES string of the molecule is CN(C)c1ccc(-c2ccnc(N3CCC(n4ccnc4)C3)n2)cc1. The van der Waals surface area contributed by atoms with Crippen LogP contribution in [-0.2, 0) is 0 Å². The highest BCUT2D eigenvalue weighted by molar-refractivity contribution is 5.63. The molecule has 3 aromatic rings. The number of benzene rings is 1. The smallest absolute Gasteiger partial charge is 0.225 e. The van der Waals surface area contributed by atoms with Crippen molar-refractivity contribution in [3.63, 3.8) is 0 Å². The number of nitrogens with zero attached hydrogens (tertiary/aromatic N) is 6. The summed E-state index contributed by atoms with van der Waals surface area (Å²) in [6.45, 7) is 1.88. The van der Waals surface area contributed by atoms with Crippen molar-refractivity contribution in [2.75, 3.05) is 37.0 Å². The molecule has 0 aliphatic carbocycles. The van der Waals surface area contributed by atoms with Crippen LogP contribution in [-0.4, -0.2) is 46.7 Å². The molecule has 0 spiro atoms. The fourth-order valence-electron chi connectivity index (χ4n) is 3.24. The van der Waals surface area contributed by atoms with Crippen molar-refractivity contribution in [2.45, 2.75) is 12.5 Å². The fraction of sp³-hybridized carbons (Fsp3) is 0.316. The molecule has 0 saturated carbocycles. The van der Waals surface area contributed by atoms with Gasteiger partial charge in [-0.1, -0.05) is 12.1 Å². The van der Waals surface area contributed by atoms with Crippen LogP contribution in [0.25, 0.3) is 11.3 Å². The molecule has 3 heterocycles. The Morgan fingerprint density at radius 2 is 1.92 bits per heavy atom. The van der Waals surface area contributed by atoms with Crippen molar-refractivity contribution in [3.05, 3.63) is 55.2 Å². The second-order valence-electron chi connectivity index (χ2n) is 6.58. The van der Waals surface area contributed by atoms with Gasteiger partial charge in [0.05, 0.1) is 18.1 Å². The van der Waals surface area contributed by atoms with Crippen LogP contribution in [0, 0.1) is 0 Å². The molecule has 1 fully saturated rings. The van der Waals surface area contributed by atoms with E-state index in [1.54, 1.807) is 0 Å². The standard InChI is InChI=1S/C19H22N6/c1-23(2)16-5-3-15(4-6-16)18-7-9-21-19(22-18)24-11-8-17(13-24)25-12-10-20-14-25/h3-7,9-10,12,14,17H,8,11,13H2,1-2H3. The van der Waals surface area contributed by atoms with E-state index in [9.17, 15) is 0 Å². The highest BCUT2D eigenvalue weighted by atomic mass is 15.3. The number of hydrogen-bond donors (Lipinski definition) is 0. The van der Waals surface area contributed by atoms with E-state index in [1.807, 2.05) is 45.1 Å². The van der Waals surface area contributed by atoms with Gasteiger partial charge in [0.25, 0.3) is 0 Å². The van der Waals surface area contributed by atoms with E-state index < -0.39 is 0 Å². The molecule has 6 nitrogen and oxygen atoms in total. The lowest BCUT2D eigenvalue weighted by Gasteiger charge is -2.17. The minimum atomic E-state index is 0.439. The molecule has 128 valence electrons. The molecule has 0 radical (unpaired) electrons. The average molecular weight is 334 g/mol. The van der Waals surface area contributed by atoms with Crippen molar-refractivity contribution in [3.8, 4) is 11.3 Å². The second kappa shape index (κ2) is 6.55. The predicted molar refractivity (Wildman–Crippen MR) is 99.9 cm³/mol. The molecule has 1 saturated heterocycles. The zero-order valence-electron chi connectivity index (χ0n) is 14.6. The van der Waals surface area contributed by atoms with Crippen LogP contribution in [0.4, 0.5) is 11.6 Å². The molecular formula is C19H22N6. The summed E-state index contributed by atoms with van der Waals surface area (Å²) in [4.78, 5) is 17.8. The summed E-state index contributed by atoms with van der Waals surface area (Å²) >= 11 is 0. The minimum absolute atomic E-state index is 0.439. The number of anilines is 2. The van der Waals surface area contributed by atoms with E-state index in [4.69, 9.17) is 4.98 Å². The van der Waals surface area contributed by atoms with E-state index in [2.05, 4.69) is 48.6 Å². The van der Waals surface area contributed by atoms with Crippen LogP contribution in [0.3, 0.4) is 0 Å². The molecule has 1 atom stereocenters. The van der Waals surface area contributed by atoms with Crippen molar-refractivity contribution in [1.29, 1.82) is 0 Å². The van der Waals surface area contributed by atoms with Crippen LogP contribution in [0.5, 0.6) is 0 Å². The molecule has 0 N–H and O–H groups in total. The van der Waals surface area contributed by atoms with Gasteiger partial charge in [-0.2, -0.15) is 0 Å². The molecular weight excluding hydrogens is 312 g/mol. The Morgan fingerprint density at radius 1 is 1.08 bits per heavy atom. The third-order valence-corrected chi connectivity index (χ3v) is 4.72. The van der Waals surface area contributed by atoms with E-state index in [0.29, 0.717) is 6.04 Å². The topological polar surface area (TPSA) is 50.1 Å². The Morgan fingerprint density at radius 3 is 2.64 bits per heavy atom. The summed E-state index contributed by atoms with van der Waals surface area (Å²) in [5, 5.41) is 0. The lowest BCUT2D eigenvalue weighted by Crippen LogP contribution is -2.22. The molecule has 25 heavy (non-hydrogen) atoms. The van der Waals surface area contributed by atoms with Gasteiger partial charge in [-0.05, 0) is 24.6 Å². The zero-order chi connectivity index (χ0) is 17.2. The average Bonchev–Trinajstić information content (AvgIpc) is 3.33. The summed E-state index contributed by atoms with van der Waals surface area (Å²) < 4.78 is 2.17. The molecule has 1 aromatic carbocycles. The Bertz CT molecular complexity index is 825. The molecule has 2 aromatic heterocycles. The van der Waals surface area contributed by atoms with E-state index in [1.165, 1.54) is 5.69 Å². The summed E-state index contributed by atoms with van der Waals surface area (Å²) in [5.74, 6) is 0.803. The molecule has 1 unspecified atom stereocenters. The second-order valence-corrected chi connectivity index (χ2v) is 6.58. The number of hydrogen-bond acceptors (Lipinski definition) is 5. The van der Waals surface area contributed by atoms with Gasteiger partial charge in [-0.3, -0.25) is 0 Å². The van der Waals surface area contributed by atoms with Gasteiger partial charge in [0.15, 0.2) is 0 Å². The molecule has 1 aliphatic heterocycles. The van der Waals surface area contributed by atoms with Gasteiger partial charge in [0.2, 0.25) is 5.95 Å². The van der Waals surface area contributed by atoms with Crippen molar-refractivity contribution in [2.24, 2.45) is 0 Å². The molecule has 0 amide bonds. The number of rotatable bonds is 4. The lowest BCUT2D eigenvalue weighted by atomic mass is 10.1. The summed E-state index contributed by atoms with van der Waals surface area (Å²) in [6.07, 6.45) is 8.68. The van der Waals surface area contributed by atoms with E-state index in [-0.39, 0.29) is 0 Å². The van der Waals surface area contributed by atoms with E-state index in [0.717, 1.165) is 36.7 Å². The van der Waals surface area contributed by atoms with Gasteiger partial charge in [-0.15, -0.1) is 0 Å². The monoisotopic (exact) mass is 334 g/mol. The Labute approximate surface area is 147 Å². The van der Waals surface area contributed by atoms with Gasteiger partial charge < -0.3 is 14.4 Å². The summed E-state index contributed by atoms with van der Waals surface area (Å²) in [6, 6.07) is 10.9. The first-order valence-electron chi connectivity index (χ1n) is 8.54. The molecule has 4 rings (SSSR count). The maximum atomic E-state index is 4.79. The molecule has 0 bridgehead atoms. The normalized spacial score (nSPS) is 17.0. The Kier molecular flexibility index (Phi) is 4.09. The summed E-state index contributed by atoms with van der Waals surface area (Å²) in [7, 11) is 4.09. The van der Waals surface area contributed by atoms with Crippen LogP contribution in [0.1, 0.15) is 12.5 Å². The van der Waals surface area contributed by atoms with Crippen LogP contribution >= 0.6 is 0 Å². The van der Waals surface area contributed by atoms with Crippen LogP contribution in [0.2, 0.25) is 0 Å². The first-order valence-corrected chi connectivity index (χ1v) is 8.54. The largest absolute Gasteiger partial charge is 0.378 e. The van der Waals surface area contributed by atoms with E-state index >= 15 is 0 Å². The van der Waals surface area contributed by atoms with Crippen molar-refractivity contribution < 1.29 is 0 Å². The van der Waals surface area contributed by atoms with Crippen LogP contribution < -0.4 is 9.80 Å². The van der Waals surface area contributed by atoms with Gasteiger partial charge in [0, 0.05) is 57.0 Å².